The number of pyridine rings is 1. The van der Waals surface area contributed by atoms with Gasteiger partial charge in [0.25, 0.3) is 0 Å². The molecule has 1 fully saturated rings. The molecule has 0 unspecified atom stereocenters. The average Bonchev–Trinajstić information content (AvgIpc) is 2.48. The fourth-order valence-corrected chi connectivity index (χ4v) is 2.42. The molecule has 0 aliphatic heterocycles. The minimum atomic E-state index is -0.0986. The van der Waals surface area contributed by atoms with Crippen LogP contribution in [0.2, 0.25) is 0 Å². The Bertz CT molecular complexity index is 470. The van der Waals surface area contributed by atoms with Crippen molar-refractivity contribution < 1.29 is 9.53 Å². The van der Waals surface area contributed by atoms with Gasteiger partial charge in [0, 0.05) is 6.04 Å². The Kier molecular flexibility index (Phi) is 4.35. The van der Waals surface area contributed by atoms with E-state index < -0.39 is 0 Å². The molecule has 0 atom stereocenters. The molecule has 5 nitrogen and oxygen atoms in total. The Labute approximate surface area is 112 Å². The van der Waals surface area contributed by atoms with E-state index in [1.807, 2.05) is 12.1 Å². The highest BCUT2D eigenvalue weighted by molar-refractivity contribution is 5.72. The second-order valence-corrected chi connectivity index (χ2v) is 4.76. The van der Waals surface area contributed by atoms with E-state index >= 15 is 0 Å². The SMILES string of the molecule is COC(=O)C1CCC(Nc2ccc(C#N)nc2)CC1. The van der Waals surface area contributed by atoms with Gasteiger partial charge in [0.15, 0.2) is 0 Å². The summed E-state index contributed by atoms with van der Waals surface area (Å²) in [4.78, 5) is 15.4. The maximum atomic E-state index is 11.4. The number of anilines is 1. The first-order valence-electron chi connectivity index (χ1n) is 6.43. The van der Waals surface area contributed by atoms with Crippen LogP contribution in [0, 0.1) is 17.2 Å². The smallest absolute Gasteiger partial charge is 0.308 e. The first kappa shape index (κ1) is 13.3. The van der Waals surface area contributed by atoms with Gasteiger partial charge < -0.3 is 10.1 Å². The Hall–Kier alpha value is -2.09. The standard InChI is InChI=1S/C14H17N3O2/c1-19-14(18)10-2-4-11(5-3-10)17-13-7-6-12(8-15)16-9-13/h6-7,9-11,17H,2-5H2,1H3. The molecule has 2 rings (SSSR count). The Morgan fingerprint density at radius 3 is 2.68 bits per heavy atom. The van der Waals surface area contributed by atoms with E-state index in [4.69, 9.17) is 10.00 Å². The predicted molar refractivity (Wildman–Crippen MR) is 70.3 cm³/mol. The van der Waals surface area contributed by atoms with Crippen molar-refractivity contribution in [2.75, 3.05) is 12.4 Å². The number of esters is 1. The molecule has 5 heteroatoms. The van der Waals surface area contributed by atoms with Gasteiger partial charge in [-0.15, -0.1) is 0 Å². The van der Waals surface area contributed by atoms with Crippen molar-refractivity contribution in [3.63, 3.8) is 0 Å². The molecule has 0 amide bonds. The van der Waals surface area contributed by atoms with Crippen molar-refractivity contribution in [2.45, 2.75) is 31.7 Å². The second-order valence-electron chi connectivity index (χ2n) is 4.76. The van der Waals surface area contributed by atoms with E-state index in [1.54, 1.807) is 12.3 Å². The van der Waals surface area contributed by atoms with Crippen LogP contribution in [0.1, 0.15) is 31.4 Å². The molecule has 1 aromatic rings. The summed E-state index contributed by atoms with van der Waals surface area (Å²) in [5.41, 5.74) is 1.33. The molecule has 1 heterocycles. The van der Waals surface area contributed by atoms with Crippen LogP contribution in [0.5, 0.6) is 0 Å². The van der Waals surface area contributed by atoms with Gasteiger partial charge in [-0.2, -0.15) is 5.26 Å². The molecule has 1 aliphatic rings. The zero-order valence-corrected chi connectivity index (χ0v) is 10.9. The van der Waals surface area contributed by atoms with Crippen LogP contribution >= 0.6 is 0 Å². The minimum Gasteiger partial charge on any atom is -0.469 e. The van der Waals surface area contributed by atoms with E-state index in [9.17, 15) is 4.79 Å². The normalized spacial score (nSPS) is 22.3. The van der Waals surface area contributed by atoms with Crippen LogP contribution in [0.25, 0.3) is 0 Å². The number of carbonyl (C=O) groups excluding carboxylic acids is 1. The van der Waals surface area contributed by atoms with Crippen molar-refractivity contribution in [1.29, 1.82) is 5.26 Å². The fraction of sp³-hybridized carbons (Fsp3) is 0.500. The van der Waals surface area contributed by atoms with E-state index in [0.29, 0.717) is 11.7 Å². The third-order valence-electron chi connectivity index (χ3n) is 3.51. The summed E-state index contributed by atoms with van der Waals surface area (Å²) in [6.45, 7) is 0. The van der Waals surface area contributed by atoms with Crippen molar-refractivity contribution in [2.24, 2.45) is 5.92 Å². The Morgan fingerprint density at radius 2 is 2.16 bits per heavy atom. The number of carbonyl (C=O) groups is 1. The van der Waals surface area contributed by atoms with Gasteiger partial charge in [0.1, 0.15) is 11.8 Å². The van der Waals surface area contributed by atoms with E-state index in [2.05, 4.69) is 10.3 Å². The number of hydrogen-bond acceptors (Lipinski definition) is 5. The monoisotopic (exact) mass is 259 g/mol. The number of nitrogens with zero attached hydrogens (tertiary/aromatic N) is 2. The first-order chi connectivity index (χ1) is 9.22. The van der Waals surface area contributed by atoms with E-state index in [0.717, 1.165) is 31.4 Å². The van der Waals surface area contributed by atoms with Gasteiger partial charge in [-0.3, -0.25) is 4.79 Å². The molecule has 0 aromatic carbocycles. The third-order valence-corrected chi connectivity index (χ3v) is 3.51. The predicted octanol–water partition coefficient (Wildman–Crippen LogP) is 2.10. The summed E-state index contributed by atoms with van der Waals surface area (Å²) < 4.78 is 4.77. The molecular formula is C14H17N3O2. The number of rotatable bonds is 3. The largest absolute Gasteiger partial charge is 0.469 e. The summed E-state index contributed by atoms with van der Waals surface area (Å²) in [5.74, 6) is -0.0550. The molecule has 1 aromatic heterocycles. The lowest BCUT2D eigenvalue weighted by atomic mass is 9.86. The molecule has 0 radical (unpaired) electrons. The number of hydrogen-bond donors (Lipinski definition) is 1. The van der Waals surface area contributed by atoms with Crippen LogP contribution in [-0.4, -0.2) is 24.1 Å². The van der Waals surface area contributed by atoms with Gasteiger partial charge in [-0.1, -0.05) is 0 Å². The molecule has 19 heavy (non-hydrogen) atoms. The topological polar surface area (TPSA) is 75.0 Å². The number of methoxy groups -OCH3 is 1. The van der Waals surface area contributed by atoms with E-state index in [1.165, 1.54) is 7.11 Å². The van der Waals surface area contributed by atoms with Gasteiger partial charge in [-0.25, -0.2) is 4.98 Å². The van der Waals surface area contributed by atoms with Crippen LogP contribution in [-0.2, 0) is 9.53 Å². The van der Waals surface area contributed by atoms with Crippen LogP contribution in [0.3, 0.4) is 0 Å². The molecule has 0 bridgehead atoms. The highest BCUT2D eigenvalue weighted by atomic mass is 16.5. The Balaban J connectivity index is 1.85. The van der Waals surface area contributed by atoms with Crippen LogP contribution in [0.15, 0.2) is 18.3 Å². The highest BCUT2D eigenvalue weighted by Crippen LogP contribution is 2.27. The van der Waals surface area contributed by atoms with Gasteiger partial charge in [0.2, 0.25) is 0 Å². The van der Waals surface area contributed by atoms with Crippen molar-refractivity contribution in [3.8, 4) is 6.07 Å². The maximum absolute atomic E-state index is 11.4. The number of nitriles is 1. The number of nitrogens with one attached hydrogen (secondary N) is 1. The lowest BCUT2D eigenvalue weighted by Gasteiger charge is -2.28. The van der Waals surface area contributed by atoms with Gasteiger partial charge >= 0.3 is 5.97 Å². The fourth-order valence-electron chi connectivity index (χ4n) is 2.42. The highest BCUT2D eigenvalue weighted by Gasteiger charge is 2.26. The molecule has 100 valence electrons. The van der Waals surface area contributed by atoms with E-state index in [-0.39, 0.29) is 11.9 Å². The van der Waals surface area contributed by atoms with Crippen LogP contribution < -0.4 is 5.32 Å². The van der Waals surface area contributed by atoms with Crippen molar-refractivity contribution in [3.05, 3.63) is 24.0 Å². The quantitative estimate of drug-likeness (QED) is 0.841. The lowest BCUT2D eigenvalue weighted by Crippen LogP contribution is -2.29. The van der Waals surface area contributed by atoms with Crippen molar-refractivity contribution in [1.82, 2.24) is 4.98 Å². The number of ether oxygens (including phenoxy) is 1. The maximum Gasteiger partial charge on any atom is 0.308 e. The average molecular weight is 259 g/mol. The molecule has 1 saturated carbocycles. The Morgan fingerprint density at radius 1 is 1.42 bits per heavy atom. The second kappa shape index (κ2) is 6.19. The molecule has 0 spiro atoms. The summed E-state index contributed by atoms with van der Waals surface area (Å²) in [7, 11) is 1.44. The summed E-state index contributed by atoms with van der Waals surface area (Å²) >= 11 is 0. The van der Waals surface area contributed by atoms with Gasteiger partial charge in [0.05, 0.1) is 24.9 Å². The lowest BCUT2D eigenvalue weighted by molar-refractivity contribution is -0.146. The molecule has 0 saturated heterocycles. The first-order valence-corrected chi connectivity index (χ1v) is 6.43. The minimum absolute atomic E-state index is 0.0436. The summed E-state index contributed by atoms with van der Waals surface area (Å²) in [5, 5.41) is 12.1. The molecule has 1 N–H and O–H groups in total. The summed E-state index contributed by atoms with van der Waals surface area (Å²) in [6.07, 6.45) is 5.27. The molecular weight excluding hydrogens is 242 g/mol. The molecule has 1 aliphatic carbocycles. The summed E-state index contributed by atoms with van der Waals surface area (Å²) in [6, 6.07) is 5.91. The van der Waals surface area contributed by atoms with Crippen molar-refractivity contribution >= 4 is 11.7 Å². The number of aromatic nitrogens is 1. The third kappa shape index (κ3) is 3.44. The zero-order valence-electron chi connectivity index (χ0n) is 10.9. The van der Waals surface area contributed by atoms with Gasteiger partial charge in [-0.05, 0) is 37.8 Å². The van der Waals surface area contributed by atoms with Crippen LogP contribution in [0.4, 0.5) is 5.69 Å². The zero-order chi connectivity index (χ0) is 13.7.